The van der Waals surface area contributed by atoms with E-state index in [-0.39, 0.29) is 0 Å². The highest BCUT2D eigenvalue weighted by Crippen LogP contribution is 2.00. The molecule has 12 heavy (non-hydrogen) atoms. The van der Waals surface area contributed by atoms with Crippen LogP contribution in [0.5, 0.6) is 0 Å². The average molecular weight is 169 g/mol. The molecule has 0 saturated heterocycles. The van der Waals surface area contributed by atoms with Crippen molar-refractivity contribution in [3.63, 3.8) is 0 Å². The van der Waals surface area contributed by atoms with Crippen molar-refractivity contribution in [3.8, 4) is 0 Å². The second kappa shape index (κ2) is 16.6. The standard InChI is InChI=1S/C7H13N.C2H6.C2H4/c1-4-7(5-8)6(2)3;2*1-2/h4H,1,5,8H2,2-3H3;1-2H3;1-2H2. The third-order valence-corrected chi connectivity index (χ3v) is 1.11. The van der Waals surface area contributed by atoms with Gasteiger partial charge in [-0.05, 0) is 19.4 Å². The molecule has 0 bridgehead atoms. The van der Waals surface area contributed by atoms with Crippen LogP contribution < -0.4 is 5.73 Å². The summed E-state index contributed by atoms with van der Waals surface area (Å²) in [6.45, 7) is 18.3. The summed E-state index contributed by atoms with van der Waals surface area (Å²) in [5.74, 6) is 0. The quantitative estimate of drug-likeness (QED) is 0.498. The molecule has 1 heteroatoms. The SMILES string of the molecule is C=C.C=CC(CN)=C(C)C.CC. The van der Waals surface area contributed by atoms with Crippen LogP contribution in [0.2, 0.25) is 0 Å². The molecule has 0 rings (SSSR count). The lowest BCUT2D eigenvalue weighted by atomic mass is 10.1. The fourth-order valence-electron chi connectivity index (χ4n) is 0.492. The first-order chi connectivity index (χ1) is 5.72. The Morgan fingerprint density at radius 1 is 1.25 bits per heavy atom. The third kappa shape index (κ3) is 11.9. The van der Waals surface area contributed by atoms with E-state index in [0.717, 1.165) is 5.57 Å². The van der Waals surface area contributed by atoms with Gasteiger partial charge in [-0.1, -0.05) is 32.1 Å². The number of rotatable bonds is 2. The summed E-state index contributed by atoms with van der Waals surface area (Å²) in [7, 11) is 0. The molecule has 0 radical (unpaired) electrons. The summed E-state index contributed by atoms with van der Waals surface area (Å²) >= 11 is 0. The highest BCUT2D eigenvalue weighted by Gasteiger charge is 1.86. The van der Waals surface area contributed by atoms with E-state index in [2.05, 4.69) is 19.7 Å². The number of allylic oxidation sites excluding steroid dienone is 1. The van der Waals surface area contributed by atoms with Gasteiger partial charge in [-0.15, -0.1) is 13.2 Å². The third-order valence-electron chi connectivity index (χ3n) is 1.11. The molecule has 0 aromatic rings. The second-order valence-corrected chi connectivity index (χ2v) is 1.93. The number of hydrogen-bond acceptors (Lipinski definition) is 1. The minimum Gasteiger partial charge on any atom is -0.326 e. The summed E-state index contributed by atoms with van der Waals surface area (Å²) in [5, 5.41) is 0. The molecular formula is C11H23N. The van der Waals surface area contributed by atoms with Crippen LogP contribution in [-0.4, -0.2) is 6.54 Å². The summed E-state index contributed by atoms with van der Waals surface area (Å²) in [6.07, 6.45) is 1.80. The summed E-state index contributed by atoms with van der Waals surface area (Å²) in [4.78, 5) is 0. The van der Waals surface area contributed by atoms with E-state index in [0.29, 0.717) is 6.54 Å². The van der Waals surface area contributed by atoms with Gasteiger partial charge < -0.3 is 5.73 Å². The first-order valence-corrected chi connectivity index (χ1v) is 4.21. The van der Waals surface area contributed by atoms with Crippen molar-refractivity contribution >= 4 is 0 Å². The molecule has 2 N–H and O–H groups in total. The predicted molar refractivity (Wildman–Crippen MR) is 60.2 cm³/mol. The molecule has 0 amide bonds. The largest absolute Gasteiger partial charge is 0.326 e. The van der Waals surface area contributed by atoms with Gasteiger partial charge in [0.1, 0.15) is 0 Å². The van der Waals surface area contributed by atoms with Crippen LogP contribution in [0.15, 0.2) is 37.0 Å². The van der Waals surface area contributed by atoms with Gasteiger partial charge >= 0.3 is 0 Å². The topological polar surface area (TPSA) is 26.0 Å². The van der Waals surface area contributed by atoms with Gasteiger partial charge in [0.15, 0.2) is 0 Å². The Morgan fingerprint density at radius 2 is 1.58 bits per heavy atom. The number of hydrogen-bond donors (Lipinski definition) is 1. The van der Waals surface area contributed by atoms with E-state index in [9.17, 15) is 0 Å². The molecule has 1 nitrogen and oxygen atoms in total. The van der Waals surface area contributed by atoms with Crippen molar-refractivity contribution in [1.82, 2.24) is 0 Å². The van der Waals surface area contributed by atoms with Gasteiger partial charge in [-0.3, -0.25) is 0 Å². The lowest BCUT2D eigenvalue weighted by Gasteiger charge is -1.96. The molecule has 0 aliphatic heterocycles. The van der Waals surface area contributed by atoms with Gasteiger partial charge in [-0.2, -0.15) is 0 Å². The van der Waals surface area contributed by atoms with E-state index in [1.165, 1.54) is 5.57 Å². The van der Waals surface area contributed by atoms with Crippen molar-refractivity contribution in [2.24, 2.45) is 5.73 Å². The first-order valence-electron chi connectivity index (χ1n) is 4.21. The fraction of sp³-hybridized carbons (Fsp3) is 0.455. The van der Waals surface area contributed by atoms with Crippen molar-refractivity contribution in [2.45, 2.75) is 27.7 Å². The molecule has 0 aromatic heterocycles. The molecule has 0 aliphatic rings. The molecule has 0 atom stereocenters. The van der Waals surface area contributed by atoms with E-state index in [1.807, 2.05) is 27.7 Å². The van der Waals surface area contributed by atoms with Crippen molar-refractivity contribution in [2.75, 3.05) is 6.54 Å². The van der Waals surface area contributed by atoms with Crippen molar-refractivity contribution in [3.05, 3.63) is 37.0 Å². The molecule has 0 aliphatic carbocycles. The lowest BCUT2D eigenvalue weighted by Crippen LogP contribution is -2.01. The van der Waals surface area contributed by atoms with Crippen LogP contribution in [-0.2, 0) is 0 Å². The highest BCUT2D eigenvalue weighted by molar-refractivity contribution is 5.22. The Balaban J connectivity index is -0.000000175. The summed E-state index contributed by atoms with van der Waals surface area (Å²) in [6, 6.07) is 0. The zero-order valence-corrected chi connectivity index (χ0v) is 8.98. The highest BCUT2D eigenvalue weighted by atomic mass is 14.5. The van der Waals surface area contributed by atoms with Crippen molar-refractivity contribution in [1.29, 1.82) is 0 Å². The van der Waals surface area contributed by atoms with Gasteiger partial charge in [-0.25, -0.2) is 0 Å². The van der Waals surface area contributed by atoms with Crippen LogP contribution in [0.3, 0.4) is 0 Å². The van der Waals surface area contributed by atoms with Gasteiger partial charge in [0.05, 0.1) is 0 Å². The maximum absolute atomic E-state index is 5.36. The van der Waals surface area contributed by atoms with Gasteiger partial charge in [0.25, 0.3) is 0 Å². The van der Waals surface area contributed by atoms with E-state index in [1.54, 1.807) is 6.08 Å². The van der Waals surface area contributed by atoms with Crippen LogP contribution in [0, 0.1) is 0 Å². The number of nitrogens with two attached hydrogens (primary N) is 1. The fourth-order valence-corrected chi connectivity index (χ4v) is 0.492. The van der Waals surface area contributed by atoms with Gasteiger partial charge in [0.2, 0.25) is 0 Å². The Hall–Kier alpha value is -0.820. The molecule has 0 aromatic carbocycles. The van der Waals surface area contributed by atoms with E-state index in [4.69, 9.17) is 5.73 Å². The monoisotopic (exact) mass is 169 g/mol. The predicted octanol–water partition coefficient (Wildman–Crippen LogP) is 3.30. The van der Waals surface area contributed by atoms with Crippen molar-refractivity contribution < 1.29 is 0 Å². The van der Waals surface area contributed by atoms with Crippen LogP contribution >= 0.6 is 0 Å². The molecule has 72 valence electrons. The van der Waals surface area contributed by atoms with E-state index >= 15 is 0 Å². The Kier molecular flexibility index (Phi) is 24.0. The zero-order valence-electron chi connectivity index (χ0n) is 8.98. The summed E-state index contributed by atoms with van der Waals surface area (Å²) in [5.41, 5.74) is 7.75. The van der Waals surface area contributed by atoms with Gasteiger partial charge in [0, 0.05) is 6.54 Å². The normalized spacial score (nSPS) is 6.42. The first kappa shape index (κ1) is 17.3. The minimum atomic E-state index is 0.603. The molecule has 0 saturated carbocycles. The Bertz CT molecular complexity index is 119. The minimum absolute atomic E-state index is 0.603. The zero-order chi connectivity index (χ0) is 10.6. The molecule has 0 unspecified atom stereocenters. The summed E-state index contributed by atoms with van der Waals surface area (Å²) < 4.78 is 0. The Labute approximate surface area is 77.7 Å². The lowest BCUT2D eigenvalue weighted by molar-refractivity contribution is 1.14. The molecular weight excluding hydrogens is 146 g/mol. The maximum Gasteiger partial charge on any atom is 0.0177 e. The smallest absolute Gasteiger partial charge is 0.0177 e. The van der Waals surface area contributed by atoms with Crippen LogP contribution in [0.25, 0.3) is 0 Å². The average Bonchev–Trinajstić information content (AvgIpc) is 2.13. The van der Waals surface area contributed by atoms with E-state index < -0.39 is 0 Å². The maximum atomic E-state index is 5.36. The van der Waals surface area contributed by atoms with Crippen LogP contribution in [0.4, 0.5) is 0 Å². The molecule has 0 spiro atoms. The van der Waals surface area contributed by atoms with Crippen LogP contribution in [0.1, 0.15) is 27.7 Å². The molecule has 0 fully saturated rings. The molecule has 0 heterocycles. The Morgan fingerprint density at radius 3 is 1.58 bits per heavy atom. The second-order valence-electron chi connectivity index (χ2n) is 1.93.